The lowest BCUT2D eigenvalue weighted by molar-refractivity contribution is 0.0164. The number of rotatable bonds is 11. The van der Waals surface area contributed by atoms with Crippen molar-refractivity contribution >= 4 is 0 Å². The summed E-state index contributed by atoms with van der Waals surface area (Å²) in [5.41, 5.74) is 2.25. The van der Waals surface area contributed by atoms with E-state index in [9.17, 15) is 5.11 Å². The molecule has 0 amide bonds. The van der Waals surface area contributed by atoms with Crippen molar-refractivity contribution in [1.29, 1.82) is 0 Å². The van der Waals surface area contributed by atoms with Crippen molar-refractivity contribution in [2.45, 2.75) is 38.4 Å². The maximum Gasteiger partial charge on any atom is 0.119 e. The van der Waals surface area contributed by atoms with Gasteiger partial charge in [-0.3, -0.25) is 0 Å². The van der Waals surface area contributed by atoms with Gasteiger partial charge in [-0.05, 0) is 42.3 Å². The lowest BCUT2D eigenvalue weighted by atomic mass is 9.78. The molecular weight excluding hydrogens is 356 g/mol. The van der Waals surface area contributed by atoms with Crippen LogP contribution in [0, 0.1) is 0 Å². The number of aliphatic hydroxyl groups excluding tert-OH is 1. The molecule has 0 spiro atoms. The first-order chi connectivity index (χ1) is 13.5. The van der Waals surface area contributed by atoms with Gasteiger partial charge in [0.2, 0.25) is 0 Å². The number of ether oxygens (including phenoxy) is 4. The van der Waals surface area contributed by atoms with Crippen molar-refractivity contribution in [2.24, 2.45) is 0 Å². The first kappa shape index (κ1) is 20.6. The highest BCUT2D eigenvalue weighted by Gasteiger charge is 2.24. The summed E-state index contributed by atoms with van der Waals surface area (Å²) in [6.07, 6.45) is -0.361. The van der Waals surface area contributed by atoms with Gasteiger partial charge in [-0.25, -0.2) is 0 Å². The Morgan fingerprint density at radius 3 is 2.00 bits per heavy atom. The van der Waals surface area contributed by atoms with Crippen LogP contribution in [0.4, 0.5) is 0 Å². The topological polar surface area (TPSA) is 60.5 Å². The number of hydrogen-bond donors (Lipinski definition) is 1. The highest BCUT2D eigenvalue weighted by molar-refractivity contribution is 5.41. The third-order valence-corrected chi connectivity index (χ3v) is 4.95. The van der Waals surface area contributed by atoms with Crippen LogP contribution in [0.15, 0.2) is 48.5 Å². The first-order valence-corrected chi connectivity index (χ1v) is 9.83. The van der Waals surface area contributed by atoms with E-state index in [0.717, 1.165) is 18.1 Å². The summed E-state index contributed by atoms with van der Waals surface area (Å²) >= 11 is 0. The van der Waals surface area contributed by atoms with Gasteiger partial charge in [0.15, 0.2) is 0 Å². The van der Waals surface area contributed by atoms with E-state index >= 15 is 0 Å². The molecule has 1 aliphatic rings. The molecule has 0 aliphatic carbocycles. The molecule has 1 saturated heterocycles. The van der Waals surface area contributed by atoms with E-state index in [2.05, 4.69) is 38.1 Å². The second-order valence-corrected chi connectivity index (χ2v) is 7.56. The summed E-state index contributed by atoms with van der Waals surface area (Å²) in [5, 5.41) is 9.80. The molecule has 1 fully saturated rings. The normalized spacial score (nSPS) is 17.2. The summed E-state index contributed by atoms with van der Waals surface area (Å²) in [5.74, 6) is 1.60. The van der Waals surface area contributed by atoms with Crippen molar-refractivity contribution in [3.63, 3.8) is 0 Å². The second kappa shape index (κ2) is 9.41. The summed E-state index contributed by atoms with van der Waals surface area (Å²) in [6, 6.07) is 16.3. The van der Waals surface area contributed by atoms with Gasteiger partial charge in [-0.2, -0.15) is 0 Å². The summed E-state index contributed by atoms with van der Waals surface area (Å²) in [7, 11) is 0. The Balaban J connectivity index is 1.58. The van der Waals surface area contributed by atoms with Gasteiger partial charge in [-0.15, -0.1) is 0 Å². The smallest absolute Gasteiger partial charge is 0.119 e. The Morgan fingerprint density at radius 1 is 0.964 bits per heavy atom. The standard InChI is InChI=1S/C23H30O5/c1-4-25-13-19(24)14-26-20-9-5-17(6-10-20)23(2,3)18-7-11-21(12-8-18)27-15-22-16-28-22/h5-12,19,22,24H,4,13-16H2,1-3H3. The minimum absolute atomic E-state index is 0.148. The molecule has 5 heteroatoms. The zero-order valence-electron chi connectivity index (χ0n) is 16.9. The predicted octanol–water partition coefficient (Wildman–Crippen LogP) is 3.57. The van der Waals surface area contributed by atoms with Crippen LogP contribution in [0.5, 0.6) is 11.5 Å². The molecule has 2 aromatic rings. The van der Waals surface area contributed by atoms with Gasteiger partial charge in [0.25, 0.3) is 0 Å². The largest absolute Gasteiger partial charge is 0.491 e. The fraction of sp³-hybridized carbons (Fsp3) is 0.478. The Morgan fingerprint density at radius 2 is 1.50 bits per heavy atom. The highest BCUT2D eigenvalue weighted by Crippen LogP contribution is 2.33. The zero-order chi connectivity index (χ0) is 20.0. The molecule has 1 aliphatic heterocycles. The van der Waals surface area contributed by atoms with Gasteiger partial charge in [0.05, 0.1) is 13.2 Å². The van der Waals surface area contributed by atoms with Crippen LogP contribution in [0.2, 0.25) is 0 Å². The van der Waals surface area contributed by atoms with Crippen molar-refractivity contribution in [2.75, 3.05) is 33.0 Å². The number of benzene rings is 2. The number of epoxide rings is 1. The SMILES string of the molecule is CCOCC(O)COc1ccc(C(C)(C)c2ccc(OCC3CO3)cc2)cc1. The fourth-order valence-corrected chi connectivity index (χ4v) is 2.95. The molecule has 2 atom stereocenters. The van der Waals surface area contributed by atoms with E-state index in [1.165, 1.54) is 11.1 Å². The highest BCUT2D eigenvalue weighted by atomic mass is 16.6. The van der Waals surface area contributed by atoms with Gasteiger partial charge < -0.3 is 24.1 Å². The molecule has 1 heterocycles. The van der Waals surface area contributed by atoms with Crippen molar-refractivity contribution in [1.82, 2.24) is 0 Å². The van der Waals surface area contributed by atoms with Crippen LogP contribution in [-0.2, 0) is 14.9 Å². The van der Waals surface area contributed by atoms with Gasteiger partial charge in [-0.1, -0.05) is 38.1 Å². The molecule has 2 aromatic carbocycles. The number of aliphatic hydroxyl groups is 1. The predicted molar refractivity (Wildman–Crippen MR) is 108 cm³/mol. The molecule has 0 saturated carbocycles. The Labute approximate surface area is 167 Å². The number of hydrogen-bond acceptors (Lipinski definition) is 5. The molecule has 0 aromatic heterocycles. The van der Waals surface area contributed by atoms with Gasteiger partial charge in [0, 0.05) is 12.0 Å². The molecule has 28 heavy (non-hydrogen) atoms. The summed E-state index contributed by atoms with van der Waals surface area (Å²) < 4.78 is 21.7. The third-order valence-electron chi connectivity index (χ3n) is 4.95. The van der Waals surface area contributed by atoms with E-state index < -0.39 is 6.10 Å². The van der Waals surface area contributed by atoms with Crippen LogP contribution < -0.4 is 9.47 Å². The van der Waals surface area contributed by atoms with E-state index in [0.29, 0.717) is 13.2 Å². The first-order valence-electron chi connectivity index (χ1n) is 9.83. The van der Waals surface area contributed by atoms with Crippen molar-refractivity contribution < 1.29 is 24.1 Å². The minimum atomic E-state index is -0.622. The van der Waals surface area contributed by atoms with Crippen LogP contribution in [0.25, 0.3) is 0 Å². The van der Waals surface area contributed by atoms with E-state index in [1.807, 2.05) is 31.2 Å². The Bertz CT molecular complexity index is 720. The lowest BCUT2D eigenvalue weighted by Gasteiger charge is -2.26. The average molecular weight is 386 g/mol. The van der Waals surface area contributed by atoms with Crippen LogP contribution >= 0.6 is 0 Å². The van der Waals surface area contributed by atoms with Gasteiger partial charge >= 0.3 is 0 Å². The molecule has 0 bridgehead atoms. The second-order valence-electron chi connectivity index (χ2n) is 7.56. The molecule has 1 N–H and O–H groups in total. The molecular formula is C23H30O5. The maximum absolute atomic E-state index is 9.80. The summed E-state index contributed by atoms with van der Waals surface area (Å²) in [4.78, 5) is 0. The minimum Gasteiger partial charge on any atom is -0.491 e. The van der Waals surface area contributed by atoms with Crippen LogP contribution in [-0.4, -0.2) is 50.3 Å². The lowest BCUT2D eigenvalue weighted by Crippen LogP contribution is -2.23. The monoisotopic (exact) mass is 386 g/mol. The molecule has 2 unspecified atom stereocenters. The van der Waals surface area contributed by atoms with E-state index in [4.69, 9.17) is 18.9 Å². The Kier molecular flexibility index (Phi) is 6.94. The molecule has 0 radical (unpaired) electrons. The van der Waals surface area contributed by atoms with Gasteiger partial charge in [0.1, 0.15) is 36.9 Å². The van der Waals surface area contributed by atoms with E-state index in [1.54, 1.807) is 0 Å². The Hall–Kier alpha value is -2.08. The van der Waals surface area contributed by atoms with Crippen LogP contribution in [0.3, 0.4) is 0 Å². The third kappa shape index (κ3) is 5.71. The molecule has 5 nitrogen and oxygen atoms in total. The van der Waals surface area contributed by atoms with Crippen LogP contribution in [0.1, 0.15) is 31.9 Å². The molecule has 152 valence electrons. The summed E-state index contributed by atoms with van der Waals surface area (Å²) in [6.45, 7) is 8.80. The molecule has 3 rings (SSSR count). The average Bonchev–Trinajstić information content (AvgIpc) is 3.54. The maximum atomic E-state index is 9.80. The van der Waals surface area contributed by atoms with Crippen molar-refractivity contribution in [3.8, 4) is 11.5 Å². The fourth-order valence-electron chi connectivity index (χ4n) is 2.95. The van der Waals surface area contributed by atoms with Crippen molar-refractivity contribution in [3.05, 3.63) is 59.7 Å². The zero-order valence-corrected chi connectivity index (χ0v) is 16.9. The van der Waals surface area contributed by atoms with E-state index in [-0.39, 0.29) is 24.7 Å². The quantitative estimate of drug-likeness (QED) is 0.598.